The average Bonchev–Trinajstić information content (AvgIpc) is 2.83. The maximum atomic E-state index is 13.6. The predicted octanol–water partition coefficient (Wildman–Crippen LogP) is 9.20. The van der Waals surface area contributed by atoms with Gasteiger partial charge < -0.3 is 19.3 Å². The maximum Gasteiger partial charge on any atom is 0.416 e. The molecular formula is C29H21ClF4O5. The summed E-state index contributed by atoms with van der Waals surface area (Å²) in [6, 6.07) is 17.3. The Hall–Kier alpha value is -4.24. The summed E-state index contributed by atoms with van der Waals surface area (Å²) in [4.78, 5) is 10.9. The van der Waals surface area contributed by atoms with E-state index in [1.807, 2.05) is 6.92 Å². The number of rotatable bonds is 9. The van der Waals surface area contributed by atoms with Gasteiger partial charge in [-0.1, -0.05) is 23.7 Å². The van der Waals surface area contributed by atoms with Crippen molar-refractivity contribution in [3.05, 3.63) is 106 Å². The van der Waals surface area contributed by atoms with E-state index in [-0.39, 0.29) is 40.2 Å². The lowest BCUT2D eigenvalue weighted by molar-refractivity contribution is -0.138. The first kappa shape index (κ1) is 27.8. The molecule has 0 fully saturated rings. The average molecular weight is 561 g/mol. The van der Waals surface area contributed by atoms with Gasteiger partial charge in [0.05, 0.1) is 5.56 Å². The molecule has 5 nitrogen and oxygen atoms in total. The highest BCUT2D eigenvalue weighted by molar-refractivity contribution is 6.30. The van der Waals surface area contributed by atoms with E-state index in [9.17, 15) is 22.4 Å². The Morgan fingerprint density at radius 1 is 0.821 bits per heavy atom. The van der Waals surface area contributed by atoms with Crippen LogP contribution in [0.4, 0.5) is 17.6 Å². The smallest absolute Gasteiger partial charge is 0.416 e. The van der Waals surface area contributed by atoms with Crippen LogP contribution in [0.25, 0.3) is 0 Å². The van der Waals surface area contributed by atoms with Crippen LogP contribution in [0.2, 0.25) is 5.02 Å². The molecule has 0 spiro atoms. The number of benzene rings is 4. The first-order valence-corrected chi connectivity index (χ1v) is 12.0. The fourth-order valence-corrected chi connectivity index (χ4v) is 3.89. The molecule has 39 heavy (non-hydrogen) atoms. The molecule has 0 saturated heterocycles. The molecule has 0 atom stereocenters. The van der Waals surface area contributed by atoms with Gasteiger partial charge in [0.2, 0.25) is 0 Å². The van der Waals surface area contributed by atoms with Crippen molar-refractivity contribution in [3.8, 4) is 34.5 Å². The molecule has 4 aromatic carbocycles. The fraction of sp³-hybridized carbons (Fsp3) is 0.138. The summed E-state index contributed by atoms with van der Waals surface area (Å²) in [7, 11) is 0. The van der Waals surface area contributed by atoms with Gasteiger partial charge in [0.15, 0.2) is 11.5 Å². The van der Waals surface area contributed by atoms with Gasteiger partial charge in [-0.15, -0.1) is 0 Å². The minimum atomic E-state index is -4.64. The molecule has 202 valence electrons. The van der Waals surface area contributed by atoms with Crippen molar-refractivity contribution in [2.75, 3.05) is 0 Å². The summed E-state index contributed by atoms with van der Waals surface area (Å²) >= 11 is 6.24. The Balaban J connectivity index is 1.60. The topological polar surface area (TPSA) is 65.0 Å². The molecule has 0 saturated carbocycles. The lowest BCUT2D eigenvalue weighted by Crippen LogP contribution is -2.05. The van der Waals surface area contributed by atoms with E-state index < -0.39 is 23.5 Å². The number of carbonyl (C=O) groups is 1. The highest BCUT2D eigenvalue weighted by Crippen LogP contribution is 2.41. The molecule has 0 aliphatic carbocycles. The molecule has 0 heterocycles. The van der Waals surface area contributed by atoms with E-state index >= 15 is 0 Å². The number of carboxylic acids is 1. The second-order valence-electron chi connectivity index (χ2n) is 8.53. The van der Waals surface area contributed by atoms with E-state index in [1.165, 1.54) is 36.4 Å². The quantitative estimate of drug-likeness (QED) is 0.207. The van der Waals surface area contributed by atoms with Gasteiger partial charge in [-0.2, -0.15) is 13.2 Å². The van der Waals surface area contributed by atoms with Gasteiger partial charge in [-0.25, -0.2) is 4.39 Å². The third kappa shape index (κ3) is 7.64. The molecule has 0 amide bonds. The Kier molecular flexibility index (Phi) is 8.30. The number of hydrogen-bond acceptors (Lipinski definition) is 4. The SMILES string of the molecule is Cc1cc(Oc2cc(Cl)cc(Oc3ccc(C(F)(F)F)cc3Oc3cccc(F)c3)c2)ccc1CCC(=O)O. The third-order valence-electron chi connectivity index (χ3n) is 5.53. The van der Waals surface area contributed by atoms with Crippen molar-refractivity contribution in [1.82, 2.24) is 0 Å². The Labute approximate surface area is 226 Å². The summed E-state index contributed by atoms with van der Waals surface area (Å²) in [6.07, 6.45) is -4.26. The second kappa shape index (κ2) is 11.7. The zero-order valence-electron chi connectivity index (χ0n) is 20.4. The van der Waals surface area contributed by atoms with E-state index in [0.717, 1.165) is 35.4 Å². The van der Waals surface area contributed by atoms with E-state index in [1.54, 1.807) is 18.2 Å². The van der Waals surface area contributed by atoms with Crippen molar-refractivity contribution in [2.24, 2.45) is 0 Å². The number of aryl methyl sites for hydroxylation is 2. The van der Waals surface area contributed by atoms with Crippen molar-refractivity contribution >= 4 is 17.6 Å². The number of aliphatic carboxylic acids is 1. The summed E-state index contributed by atoms with van der Waals surface area (Å²) in [5.74, 6) is -0.987. The summed E-state index contributed by atoms with van der Waals surface area (Å²) in [5, 5.41) is 9.14. The highest BCUT2D eigenvalue weighted by Gasteiger charge is 2.31. The van der Waals surface area contributed by atoms with Crippen LogP contribution >= 0.6 is 11.6 Å². The Morgan fingerprint density at radius 3 is 2.18 bits per heavy atom. The predicted molar refractivity (Wildman–Crippen MR) is 137 cm³/mol. The van der Waals surface area contributed by atoms with Crippen LogP contribution in [-0.2, 0) is 17.4 Å². The molecule has 0 radical (unpaired) electrons. The standard InChI is InChI=1S/C29H21ClF4O5/c1-17-11-23(8-5-18(17)6-10-28(35)36)37-24-13-20(30)14-25(16-24)39-26-9-7-19(29(32,33)34)12-27(26)38-22-4-2-3-21(31)15-22/h2-5,7-9,11-16H,6,10H2,1H3,(H,35,36). The van der Waals surface area contributed by atoms with Gasteiger partial charge in [0, 0.05) is 23.6 Å². The Morgan fingerprint density at radius 2 is 1.51 bits per heavy atom. The van der Waals surface area contributed by atoms with Gasteiger partial charge in [0.25, 0.3) is 0 Å². The Bertz CT molecular complexity index is 1500. The van der Waals surface area contributed by atoms with E-state index in [0.29, 0.717) is 12.2 Å². The molecule has 4 rings (SSSR count). The largest absolute Gasteiger partial charge is 0.481 e. The van der Waals surface area contributed by atoms with Crippen LogP contribution in [0.3, 0.4) is 0 Å². The first-order chi connectivity index (χ1) is 18.5. The number of ether oxygens (including phenoxy) is 3. The van der Waals surface area contributed by atoms with Crippen molar-refractivity contribution in [1.29, 1.82) is 0 Å². The molecule has 0 bridgehead atoms. The number of hydrogen-bond donors (Lipinski definition) is 1. The number of halogens is 5. The third-order valence-corrected chi connectivity index (χ3v) is 5.74. The maximum absolute atomic E-state index is 13.6. The van der Waals surface area contributed by atoms with Crippen LogP contribution in [0.15, 0.2) is 78.9 Å². The minimum Gasteiger partial charge on any atom is -0.481 e. The normalized spacial score (nSPS) is 11.2. The molecule has 4 aromatic rings. The number of carboxylic acid groups (broad SMARTS) is 1. The summed E-state index contributed by atoms with van der Waals surface area (Å²) < 4.78 is 71.0. The summed E-state index contributed by atoms with van der Waals surface area (Å²) in [6.45, 7) is 1.83. The molecule has 10 heteroatoms. The van der Waals surface area contributed by atoms with Crippen LogP contribution in [0, 0.1) is 12.7 Å². The zero-order valence-corrected chi connectivity index (χ0v) is 21.1. The minimum absolute atomic E-state index is 0.00486. The van der Waals surface area contributed by atoms with Gasteiger partial charge in [-0.3, -0.25) is 4.79 Å². The molecule has 0 unspecified atom stereocenters. The molecule has 0 aliphatic rings. The fourth-order valence-electron chi connectivity index (χ4n) is 3.68. The van der Waals surface area contributed by atoms with Gasteiger partial charge in [0.1, 0.15) is 28.8 Å². The van der Waals surface area contributed by atoms with Crippen molar-refractivity contribution in [2.45, 2.75) is 25.9 Å². The van der Waals surface area contributed by atoms with E-state index in [2.05, 4.69) is 0 Å². The van der Waals surface area contributed by atoms with Crippen LogP contribution < -0.4 is 14.2 Å². The highest BCUT2D eigenvalue weighted by atomic mass is 35.5. The lowest BCUT2D eigenvalue weighted by atomic mass is 10.0. The van der Waals surface area contributed by atoms with Crippen molar-refractivity contribution in [3.63, 3.8) is 0 Å². The molecular weight excluding hydrogens is 540 g/mol. The van der Waals surface area contributed by atoms with Gasteiger partial charge in [-0.05, 0) is 79.1 Å². The van der Waals surface area contributed by atoms with E-state index in [4.69, 9.17) is 30.9 Å². The van der Waals surface area contributed by atoms with Crippen molar-refractivity contribution < 1.29 is 41.7 Å². The van der Waals surface area contributed by atoms with Gasteiger partial charge >= 0.3 is 12.1 Å². The van der Waals surface area contributed by atoms with Crippen LogP contribution in [0.1, 0.15) is 23.1 Å². The monoisotopic (exact) mass is 560 g/mol. The molecule has 1 N–H and O–H groups in total. The second-order valence-corrected chi connectivity index (χ2v) is 8.96. The van der Waals surface area contributed by atoms with Crippen LogP contribution in [0.5, 0.6) is 34.5 Å². The molecule has 0 aliphatic heterocycles. The number of alkyl halides is 3. The lowest BCUT2D eigenvalue weighted by Gasteiger charge is -2.16. The summed E-state index contributed by atoms with van der Waals surface area (Å²) in [5.41, 5.74) is 0.739. The molecule has 0 aromatic heterocycles. The first-order valence-electron chi connectivity index (χ1n) is 11.6. The zero-order chi connectivity index (χ0) is 28.2. The van der Waals surface area contributed by atoms with Crippen LogP contribution in [-0.4, -0.2) is 11.1 Å².